The molecule has 1 fully saturated rings. The number of carbonyl (C=O) groups excluding carboxylic acids is 1. The number of rotatable bonds is 2. The maximum Gasteiger partial charge on any atom is 0.272 e. The van der Waals surface area contributed by atoms with E-state index in [0.29, 0.717) is 36.7 Å². The van der Waals surface area contributed by atoms with Crippen molar-refractivity contribution < 1.29 is 9.53 Å². The van der Waals surface area contributed by atoms with E-state index >= 15 is 0 Å². The Labute approximate surface area is 107 Å². The van der Waals surface area contributed by atoms with Gasteiger partial charge < -0.3 is 15.0 Å². The van der Waals surface area contributed by atoms with Gasteiger partial charge in [0.1, 0.15) is 5.69 Å². The zero-order valence-corrected chi connectivity index (χ0v) is 11.0. The molecule has 0 aliphatic carbocycles. The summed E-state index contributed by atoms with van der Waals surface area (Å²) in [5, 5.41) is 3.40. The Morgan fingerprint density at radius 3 is 2.67 bits per heavy atom. The smallest absolute Gasteiger partial charge is 0.272 e. The van der Waals surface area contributed by atoms with Crippen molar-refractivity contribution in [3.8, 4) is 5.88 Å². The molecule has 0 radical (unpaired) electrons. The van der Waals surface area contributed by atoms with Gasteiger partial charge in [0.05, 0.1) is 7.11 Å². The highest BCUT2D eigenvalue weighted by Crippen LogP contribution is 2.12. The second-order valence-corrected chi connectivity index (χ2v) is 4.74. The van der Waals surface area contributed by atoms with Crippen LogP contribution in [0.3, 0.4) is 0 Å². The second-order valence-electron chi connectivity index (χ2n) is 4.74. The molecule has 1 aromatic heterocycles. The molecule has 1 saturated heterocycles. The predicted octanol–water partition coefficient (Wildman–Crippen LogP) is 0.913. The van der Waals surface area contributed by atoms with E-state index in [1.165, 1.54) is 0 Å². The van der Waals surface area contributed by atoms with E-state index in [2.05, 4.69) is 24.1 Å². The van der Waals surface area contributed by atoms with Crippen LogP contribution in [0.25, 0.3) is 0 Å². The average molecular weight is 249 g/mol. The predicted molar refractivity (Wildman–Crippen MR) is 68.8 cm³/mol. The van der Waals surface area contributed by atoms with Gasteiger partial charge in [-0.2, -0.15) is 0 Å². The first kappa shape index (κ1) is 12.8. The molecule has 2 heterocycles. The lowest BCUT2D eigenvalue weighted by Gasteiger charge is -2.35. The van der Waals surface area contributed by atoms with Crippen molar-refractivity contribution in [2.24, 2.45) is 0 Å². The molecule has 1 aliphatic heterocycles. The Morgan fingerprint density at radius 2 is 2.06 bits per heavy atom. The molecule has 2 rings (SSSR count). The normalized spacial score (nSPS) is 23.8. The summed E-state index contributed by atoms with van der Waals surface area (Å²) in [6.45, 7) is 5.58. The number of hydrogen-bond donors (Lipinski definition) is 1. The maximum atomic E-state index is 12.3. The first-order chi connectivity index (χ1) is 8.60. The maximum absolute atomic E-state index is 12.3. The molecule has 5 heteroatoms. The van der Waals surface area contributed by atoms with Crippen molar-refractivity contribution in [2.45, 2.75) is 25.9 Å². The zero-order valence-electron chi connectivity index (χ0n) is 11.0. The number of carbonyl (C=O) groups is 1. The highest BCUT2D eigenvalue weighted by atomic mass is 16.5. The average Bonchev–Trinajstić information content (AvgIpc) is 2.37. The molecule has 1 aliphatic rings. The van der Waals surface area contributed by atoms with Crippen LogP contribution in [0.4, 0.5) is 0 Å². The van der Waals surface area contributed by atoms with E-state index in [1.54, 1.807) is 25.3 Å². The number of ether oxygens (including phenoxy) is 1. The number of nitrogens with zero attached hydrogens (tertiary/aromatic N) is 2. The van der Waals surface area contributed by atoms with E-state index in [4.69, 9.17) is 4.74 Å². The minimum Gasteiger partial charge on any atom is -0.481 e. The van der Waals surface area contributed by atoms with Crippen LogP contribution >= 0.6 is 0 Å². The van der Waals surface area contributed by atoms with Crippen LogP contribution in [0.15, 0.2) is 18.2 Å². The van der Waals surface area contributed by atoms with Gasteiger partial charge >= 0.3 is 0 Å². The molecule has 0 aromatic carbocycles. The second kappa shape index (κ2) is 5.35. The summed E-state index contributed by atoms with van der Waals surface area (Å²) >= 11 is 0. The summed E-state index contributed by atoms with van der Waals surface area (Å²) in [7, 11) is 1.55. The molecule has 1 aromatic rings. The summed E-state index contributed by atoms with van der Waals surface area (Å²) in [6.07, 6.45) is 0. The van der Waals surface area contributed by atoms with Crippen molar-refractivity contribution in [3.63, 3.8) is 0 Å². The van der Waals surface area contributed by atoms with E-state index in [9.17, 15) is 4.79 Å². The van der Waals surface area contributed by atoms with Gasteiger partial charge in [0.25, 0.3) is 5.91 Å². The first-order valence-corrected chi connectivity index (χ1v) is 6.16. The largest absolute Gasteiger partial charge is 0.481 e. The van der Waals surface area contributed by atoms with E-state index in [-0.39, 0.29) is 5.91 Å². The van der Waals surface area contributed by atoms with Crippen LogP contribution in [0.5, 0.6) is 5.88 Å². The highest BCUT2D eigenvalue weighted by Gasteiger charge is 2.26. The van der Waals surface area contributed by atoms with Crippen molar-refractivity contribution >= 4 is 5.91 Å². The molecule has 98 valence electrons. The quantitative estimate of drug-likeness (QED) is 0.846. The SMILES string of the molecule is COc1cccc(C(=O)N2C[C@@H](C)N[C@@H](C)C2)n1. The molecule has 0 spiro atoms. The van der Waals surface area contributed by atoms with Crippen molar-refractivity contribution in [1.29, 1.82) is 0 Å². The van der Waals surface area contributed by atoms with Gasteiger partial charge in [-0.1, -0.05) is 6.07 Å². The molecule has 0 unspecified atom stereocenters. The minimum atomic E-state index is -0.0332. The third kappa shape index (κ3) is 2.79. The third-order valence-electron chi connectivity index (χ3n) is 3.00. The van der Waals surface area contributed by atoms with Crippen LogP contribution in [0, 0.1) is 0 Å². The van der Waals surface area contributed by atoms with Crippen LogP contribution in [0.1, 0.15) is 24.3 Å². The number of nitrogens with one attached hydrogen (secondary N) is 1. The lowest BCUT2D eigenvalue weighted by atomic mass is 10.1. The third-order valence-corrected chi connectivity index (χ3v) is 3.00. The molecule has 18 heavy (non-hydrogen) atoms. The van der Waals surface area contributed by atoms with Gasteiger partial charge in [-0.05, 0) is 19.9 Å². The topological polar surface area (TPSA) is 54.5 Å². The number of methoxy groups -OCH3 is 1. The summed E-state index contributed by atoms with van der Waals surface area (Å²) in [5.74, 6) is 0.436. The number of piperazine rings is 1. The Hall–Kier alpha value is -1.62. The van der Waals surface area contributed by atoms with Gasteiger partial charge in [-0.15, -0.1) is 0 Å². The van der Waals surface area contributed by atoms with Crippen molar-refractivity contribution in [3.05, 3.63) is 23.9 Å². The fourth-order valence-electron chi connectivity index (χ4n) is 2.30. The Bertz CT molecular complexity index is 426. The number of hydrogen-bond acceptors (Lipinski definition) is 4. The van der Waals surface area contributed by atoms with Gasteiger partial charge in [0, 0.05) is 31.2 Å². The van der Waals surface area contributed by atoms with Crippen LogP contribution in [0.2, 0.25) is 0 Å². The standard InChI is InChI=1S/C13H19N3O2/c1-9-7-16(8-10(2)14-9)13(17)11-5-4-6-12(15-11)18-3/h4-6,9-10,14H,7-8H2,1-3H3/t9-,10+. The number of aromatic nitrogens is 1. The molecule has 1 N–H and O–H groups in total. The van der Waals surface area contributed by atoms with E-state index in [1.807, 2.05) is 4.90 Å². The Balaban J connectivity index is 2.14. The van der Waals surface area contributed by atoms with Crippen molar-refractivity contribution in [1.82, 2.24) is 15.2 Å². The molecule has 1 amide bonds. The number of amides is 1. The minimum absolute atomic E-state index is 0.0332. The lowest BCUT2D eigenvalue weighted by molar-refractivity contribution is 0.0667. The summed E-state index contributed by atoms with van der Waals surface area (Å²) in [4.78, 5) is 18.4. The first-order valence-electron chi connectivity index (χ1n) is 6.16. The molecular weight excluding hydrogens is 230 g/mol. The highest BCUT2D eigenvalue weighted by molar-refractivity contribution is 5.92. The molecule has 0 saturated carbocycles. The molecule has 0 bridgehead atoms. The number of pyridine rings is 1. The van der Waals surface area contributed by atoms with Crippen LogP contribution in [-0.4, -0.2) is 48.1 Å². The van der Waals surface area contributed by atoms with E-state index < -0.39 is 0 Å². The Morgan fingerprint density at radius 1 is 1.39 bits per heavy atom. The van der Waals surface area contributed by atoms with Crippen LogP contribution < -0.4 is 10.1 Å². The van der Waals surface area contributed by atoms with Gasteiger partial charge in [-0.3, -0.25) is 4.79 Å². The zero-order chi connectivity index (χ0) is 13.1. The van der Waals surface area contributed by atoms with Gasteiger partial charge in [-0.25, -0.2) is 4.98 Å². The van der Waals surface area contributed by atoms with Crippen LogP contribution in [-0.2, 0) is 0 Å². The fraction of sp³-hybridized carbons (Fsp3) is 0.538. The fourth-order valence-corrected chi connectivity index (χ4v) is 2.30. The van der Waals surface area contributed by atoms with Gasteiger partial charge in [0.2, 0.25) is 5.88 Å². The summed E-state index contributed by atoms with van der Waals surface area (Å²) in [6, 6.07) is 5.86. The molecule has 5 nitrogen and oxygen atoms in total. The Kier molecular flexibility index (Phi) is 3.81. The monoisotopic (exact) mass is 249 g/mol. The summed E-state index contributed by atoms with van der Waals surface area (Å²) in [5.41, 5.74) is 0.440. The van der Waals surface area contributed by atoms with Crippen molar-refractivity contribution in [2.75, 3.05) is 20.2 Å². The molecule has 2 atom stereocenters. The van der Waals surface area contributed by atoms with E-state index in [0.717, 1.165) is 0 Å². The lowest BCUT2D eigenvalue weighted by Crippen LogP contribution is -2.55. The molecular formula is C13H19N3O2. The van der Waals surface area contributed by atoms with Gasteiger partial charge in [0.15, 0.2) is 0 Å². The summed E-state index contributed by atoms with van der Waals surface area (Å²) < 4.78 is 5.04.